The van der Waals surface area contributed by atoms with Gasteiger partial charge in [0.05, 0.1) is 17.0 Å². The Kier molecular flexibility index (Phi) is 5.81. The van der Waals surface area contributed by atoms with Gasteiger partial charge in [-0.05, 0) is 43.2 Å². The Morgan fingerprint density at radius 2 is 1.83 bits per heavy atom. The van der Waals surface area contributed by atoms with E-state index in [9.17, 15) is 5.11 Å². The zero-order valence-corrected chi connectivity index (χ0v) is 17.2. The molecule has 1 aliphatic rings. The van der Waals surface area contributed by atoms with E-state index in [2.05, 4.69) is 55.7 Å². The van der Waals surface area contributed by atoms with Crippen LogP contribution in [0.3, 0.4) is 0 Å². The monoisotopic (exact) mass is 391 g/mol. The predicted molar refractivity (Wildman–Crippen MR) is 115 cm³/mol. The van der Waals surface area contributed by atoms with Crippen molar-refractivity contribution in [1.82, 2.24) is 15.1 Å². The van der Waals surface area contributed by atoms with Crippen molar-refractivity contribution in [2.75, 3.05) is 19.8 Å². The summed E-state index contributed by atoms with van der Waals surface area (Å²) < 4.78 is 7.31. The molecule has 1 aromatic heterocycles. The first-order chi connectivity index (χ1) is 14.0. The highest BCUT2D eigenvalue weighted by Gasteiger charge is 2.29. The maximum Gasteiger partial charge on any atom is 0.0972 e. The van der Waals surface area contributed by atoms with Gasteiger partial charge in [0.15, 0.2) is 0 Å². The summed E-state index contributed by atoms with van der Waals surface area (Å²) in [4.78, 5) is 0. The third-order valence-corrected chi connectivity index (χ3v) is 5.78. The molecule has 4 rings (SSSR count). The summed E-state index contributed by atoms with van der Waals surface area (Å²) in [5, 5.41) is 19.1. The molecule has 0 unspecified atom stereocenters. The summed E-state index contributed by atoms with van der Waals surface area (Å²) >= 11 is 0. The molecule has 0 aliphatic carbocycles. The topological polar surface area (TPSA) is 59.3 Å². The van der Waals surface area contributed by atoms with Crippen LogP contribution < -0.4 is 5.32 Å². The van der Waals surface area contributed by atoms with Crippen molar-refractivity contribution in [3.05, 3.63) is 71.4 Å². The van der Waals surface area contributed by atoms with Crippen molar-refractivity contribution in [2.45, 2.75) is 38.8 Å². The largest absolute Gasteiger partial charge is 0.388 e. The molecule has 0 amide bonds. The van der Waals surface area contributed by atoms with Crippen LogP contribution in [0.2, 0.25) is 0 Å². The number of hydrogen-bond donors (Lipinski definition) is 2. The first-order valence-electron chi connectivity index (χ1n) is 10.3. The third kappa shape index (κ3) is 4.58. The Labute approximate surface area is 172 Å². The van der Waals surface area contributed by atoms with Crippen molar-refractivity contribution in [2.24, 2.45) is 0 Å². The summed E-state index contributed by atoms with van der Waals surface area (Å²) in [6.45, 7) is 6.71. The van der Waals surface area contributed by atoms with Crippen LogP contribution in [0.25, 0.3) is 16.9 Å². The van der Waals surface area contributed by atoms with E-state index in [0.29, 0.717) is 39.1 Å². The molecule has 1 aliphatic heterocycles. The minimum atomic E-state index is -0.686. The van der Waals surface area contributed by atoms with E-state index in [1.807, 2.05) is 22.9 Å². The second-order valence-corrected chi connectivity index (χ2v) is 8.02. The molecular formula is C24H29N3O2. The van der Waals surface area contributed by atoms with Crippen LogP contribution in [-0.2, 0) is 11.3 Å². The van der Waals surface area contributed by atoms with Gasteiger partial charge in [0.25, 0.3) is 0 Å². The predicted octanol–water partition coefficient (Wildman–Crippen LogP) is 3.79. The average molecular weight is 392 g/mol. The SMILES string of the molecule is Cc1ccc(-c2nn(-c3ccccc3)cc2CNCC2(O)CCOCC2)cc1C. The zero-order chi connectivity index (χ0) is 20.3. The lowest BCUT2D eigenvalue weighted by Gasteiger charge is -2.32. The Balaban J connectivity index is 1.60. The van der Waals surface area contributed by atoms with E-state index in [1.165, 1.54) is 11.1 Å². The van der Waals surface area contributed by atoms with E-state index >= 15 is 0 Å². The van der Waals surface area contributed by atoms with Crippen molar-refractivity contribution in [3.8, 4) is 16.9 Å². The molecule has 0 spiro atoms. The lowest BCUT2D eigenvalue weighted by Crippen LogP contribution is -2.44. The Hall–Kier alpha value is -2.47. The van der Waals surface area contributed by atoms with Gasteiger partial charge in [0.1, 0.15) is 0 Å². The fourth-order valence-corrected chi connectivity index (χ4v) is 3.74. The van der Waals surface area contributed by atoms with E-state index < -0.39 is 5.60 Å². The maximum atomic E-state index is 10.7. The molecular weight excluding hydrogens is 362 g/mol. The first kappa shape index (κ1) is 19.8. The van der Waals surface area contributed by atoms with Crippen LogP contribution in [0.1, 0.15) is 29.5 Å². The number of hydrogen-bond acceptors (Lipinski definition) is 4. The van der Waals surface area contributed by atoms with Gasteiger partial charge in [-0.3, -0.25) is 0 Å². The second kappa shape index (κ2) is 8.49. The summed E-state index contributed by atoms with van der Waals surface area (Å²) in [7, 11) is 0. The maximum absolute atomic E-state index is 10.7. The number of ether oxygens (including phenoxy) is 1. The molecule has 29 heavy (non-hydrogen) atoms. The van der Waals surface area contributed by atoms with Gasteiger partial charge in [-0.25, -0.2) is 4.68 Å². The molecule has 0 bridgehead atoms. The third-order valence-electron chi connectivity index (χ3n) is 5.78. The molecule has 0 radical (unpaired) electrons. The Bertz CT molecular complexity index is 960. The molecule has 2 N–H and O–H groups in total. The van der Waals surface area contributed by atoms with E-state index in [0.717, 1.165) is 22.5 Å². The fraction of sp³-hybridized carbons (Fsp3) is 0.375. The van der Waals surface area contributed by atoms with Gasteiger partial charge in [-0.15, -0.1) is 0 Å². The van der Waals surface area contributed by atoms with Crippen LogP contribution in [0, 0.1) is 13.8 Å². The standard InChI is InChI=1S/C24H29N3O2/c1-18-8-9-20(14-19(18)2)23-21(15-25-17-24(28)10-12-29-13-11-24)16-27(26-23)22-6-4-3-5-7-22/h3-9,14,16,25,28H,10-13,15,17H2,1-2H3. The quantitative estimate of drug-likeness (QED) is 0.671. The number of nitrogens with zero attached hydrogens (tertiary/aromatic N) is 2. The zero-order valence-electron chi connectivity index (χ0n) is 17.2. The summed E-state index contributed by atoms with van der Waals surface area (Å²) in [6, 6.07) is 16.6. The minimum Gasteiger partial charge on any atom is -0.388 e. The van der Waals surface area contributed by atoms with E-state index in [-0.39, 0.29) is 0 Å². The summed E-state index contributed by atoms with van der Waals surface area (Å²) in [5.74, 6) is 0. The first-order valence-corrected chi connectivity index (χ1v) is 10.3. The van der Waals surface area contributed by atoms with Crippen molar-refractivity contribution in [3.63, 3.8) is 0 Å². The van der Waals surface area contributed by atoms with Gasteiger partial charge in [0, 0.05) is 56.5 Å². The highest BCUT2D eigenvalue weighted by atomic mass is 16.5. The van der Waals surface area contributed by atoms with Gasteiger partial charge in [-0.1, -0.05) is 30.3 Å². The second-order valence-electron chi connectivity index (χ2n) is 8.02. The Morgan fingerprint density at radius 3 is 2.55 bits per heavy atom. The normalized spacial score (nSPS) is 16.1. The number of benzene rings is 2. The number of aromatic nitrogens is 2. The van der Waals surface area contributed by atoms with Gasteiger partial charge in [0.2, 0.25) is 0 Å². The number of nitrogens with one attached hydrogen (secondary N) is 1. The molecule has 2 heterocycles. The number of aliphatic hydroxyl groups is 1. The van der Waals surface area contributed by atoms with Crippen LogP contribution in [0.4, 0.5) is 0 Å². The number of rotatable bonds is 6. The molecule has 5 nitrogen and oxygen atoms in total. The van der Waals surface area contributed by atoms with Gasteiger partial charge in [-0.2, -0.15) is 5.10 Å². The average Bonchev–Trinajstić information content (AvgIpc) is 3.15. The smallest absolute Gasteiger partial charge is 0.0972 e. The molecule has 1 saturated heterocycles. The van der Waals surface area contributed by atoms with Crippen molar-refractivity contribution < 1.29 is 9.84 Å². The lowest BCUT2D eigenvalue weighted by molar-refractivity contribution is -0.0616. The fourth-order valence-electron chi connectivity index (χ4n) is 3.74. The van der Waals surface area contributed by atoms with Crippen LogP contribution in [0.5, 0.6) is 0 Å². The Morgan fingerprint density at radius 1 is 1.07 bits per heavy atom. The van der Waals surface area contributed by atoms with E-state index in [4.69, 9.17) is 9.84 Å². The summed E-state index contributed by atoms with van der Waals surface area (Å²) in [6.07, 6.45) is 3.43. The molecule has 3 aromatic rings. The van der Waals surface area contributed by atoms with E-state index in [1.54, 1.807) is 0 Å². The highest BCUT2D eigenvalue weighted by molar-refractivity contribution is 5.64. The van der Waals surface area contributed by atoms with Gasteiger partial charge >= 0.3 is 0 Å². The number of aryl methyl sites for hydroxylation is 2. The molecule has 1 fully saturated rings. The molecule has 0 atom stereocenters. The van der Waals surface area contributed by atoms with Crippen molar-refractivity contribution >= 4 is 0 Å². The highest BCUT2D eigenvalue weighted by Crippen LogP contribution is 2.26. The molecule has 152 valence electrons. The molecule has 2 aromatic carbocycles. The molecule has 0 saturated carbocycles. The van der Waals surface area contributed by atoms with Crippen LogP contribution >= 0.6 is 0 Å². The lowest BCUT2D eigenvalue weighted by atomic mass is 9.94. The number of para-hydroxylation sites is 1. The van der Waals surface area contributed by atoms with Crippen LogP contribution in [-0.4, -0.2) is 40.2 Å². The van der Waals surface area contributed by atoms with Crippen molar-refractivity contribution in [1.29, 1.82) is 0 Å². The summed E-state index contributed by atoms with van der Waals surface area (Å²) in [5.41, 5.74) is 6.09. The van der Waals surface area contributed by atoms with Gasteiger partial charge < -0.3 is 15.2 Å². The minimum absolute atomic E-state index is 0.555. The molecule has 5 heteroatoms. The van der Waals surface area contributed by atoms with Crippen LogP contribution in [0.15, 0.2) is 54.7 Å².